The van der Waals surface area contributed by atoms with Crippen molar-refractivity contribution in [1.82, 2.24) is 5.32 Å². The number of ether oxygens (including phenoxy) is 1. The van der Waals surface area contributed by atoms with Gasteiger partial charge in [-0.05, 0) is 24.6 Å². The van der Waals surface area contributed by atoms with Crippen LogP contribution in [-0.4, -0.2) is 35.7 Å². The van der Waals surface area contributed by atoms with Gasteiger partial charge in [-0.15, -0.1) is 0 Å². The molecule has 0 saturated carbocycles. The minimum Gasteiger partial charge on any atom is -0.504 e. The van der Waals surface area contributed by atoms with E-state index in [1.165, 1.54) is 19.2 Å². The van der Waals surface area contributed by atoms with Gasteiger partial charge in [0.1, 0.15) is 5.84 Å². The van der Waals surface area contributed by atoms with Crippen LogP contribution in [0.3, 0.4) is 0 Å². The number of methoxy groups -OCH3 is 1. The zero-order chi connectivity index (χ0) is 14.3. The third kappa shape index (κ3) is 4.38. The van der Waals surface area contributed by atoms with Crippen LogP contribution in [0.4, 0.5) is 0 Å². The van der Waals surface area contributed by atoms with Crippen LogP contribution in [-0.2, 0) is 0 Å². The van der Waals surface area contributed by atoms with Gasteiger partial charge in [-0.3, -0.25) is 4.79 Å². The fraction of sp³-hybridized carbons (Fsp3) is 0.333. The molecule has 0 aromatic heterocycles. The van der Waals surface area contributed by atoms with Crippen molar-refractivity contribution in [2.75, 3.05) is 13.7 Å². The Morgan fingerprint density at radius 2 is 2.26 bits per heavy atom. The summed E-state index contributed by atoms with van der Waals surface area (Å²) in [6, 6.07) is 4.40. The highest BCUT2D eigenvalue weighted by atomic mass is 16.5. The van der Waals surface area contributed by atoms with Crippen LogP contribution in [0.25, 0.3) is 0 Å². The van der Waals surface area contributed by atoms with Gasteiger partial charge in [-0.2, -0.15) is 0 Å². The number of hydrogen-bond donors (Lipinski definition) is 4. The van der Waals surface area contributed by atoms with Gasteiger partial charge in [0, 0.05) is 18.5 Å². The van der Waals surface area contributed by atoms with E-state index >= 15 is 0 Å². The number of nitrogens with two attached hydrogens (primary N) is 1. The van der Waals surface area contributed by atoms with Crippen molar-refractivity contribution in [2.45, 2.75) is 12.8 Å². The summed E-state index contributed by atoms with van der Waals surface area (Å²) in [5.41, 5.74) is 5.63. The normalized spacial score (nSPS) is 11.1. The van der Waals surface area contributed by atoms with Crippen molar-refractivity contribution in [1.29, 1.82) is 0 Å². The lowest BCUT2D eigenvalue weighted by atomic mass is 10.2. The zero-order valence-electron chi connectivity index (χ0n) is 10.6. The number of carbonyl (C=O) groups excluding carboxylic acids is 1. The van der Waals surface area contributed by atoms with E-state index in [2.05, 4.69) is 10.5 Å². The second-order valence-corrected chi connectivity index (χ2v) is 3.84. The molecule has 7 nitrogen and oxygen atoms in total. The molecule has 0 aliphatic carbocycles. The molecule has 0 bridgehead atoms. The van der Waals surface area contributed by atoms with Gasteiger partial charge in [0.05, 0.1) is 7.11 Å². The second kappa shape index (κ2) is 7.10. The predicted octanol–water partition coefficient (Wildman–Crippen LogP) is 0.657. The summed E-state index contributed by atoms with van der Waals surface area (Å²) in [6.07, 6.45) is 0.953. The molecule has 19 heavy (non-hydrogen) atoms. The first-order chi connectivity index (χ1) is 9.08. The van der Waals surface area contributed by atoms with Crippen LogP contribution in [0.5, 0.6) is 11.5 Å². The van der Waals surface area contributed by atoms with Gasteiger partial charge in [-0.1, -0.05) is 5.16 Å². The first-order valence-corrected chi connectivity index (χ1v) is 5.70. The van der Waals surface area contributed by atoms with E-state index in [4.69, 9.17) is 15.7 Å². The number of phenols is 1. The maximum Gasteiger partial charge on any atom is 0.251 e. The molecule has 7 heteroatoms. The van der Waals surface area contributed by atoms with Crippen molar-refractivity contribution >= 4 is 11.7 Å². The predicted molar refractivity (Wildman–Crippen MR) is 69.6 cm³/mol. The Morgan fingerprint density at radius 3 is 2.84 bits per heavy atom. The van der Waals surface area contributed by atoms with Crippen molar-refractivity contribution in [3.05, 3.63) is 23.8 Å². The Morgan fingerprint density at radius 1 is 1.53 bits per heavy atom. The third-order valence-corrected chi connectivity index (χ3v) is 2.46. The molecular formula is C12H17N3O4. The molecule has 5 N–H and O–H groups in total. The highest BCUT2D eigenvalue weighted by Crippen LogP contribution is 2.25. The molecule has 1 amide bonds. The van der Waals surface area contributed by atoms with Gasteiger partial charge >= 0.3 is 0 Å². The molecule has 0 spiro atoms. The number of hydrogen-bond acceptors (Lipinski definition) is 5. The molecule has 0 unspecified atom stereocenters. The molecule has 0 fully saturated rings. The molecule has 0 aliphatic rings. The average Bonchev–Trinajstić information content (AvgIpc) is 2.42. The SMILES string of the molecule is COc1ccc(C(=O)NCCCC(N)=NO)cc1O. The largest absolute Gasteiger partial charge is 0.504 e. The van der Waals surface area contributed by atoms with E-state index in [1.807, 2.05) is 0 Å². The smallest absolute Gasteiger partial charge is 0.251 e. The Hall–Kier alpha value is -2.44. The summed E-state index contributed by atoms with van der Waals surface area (Å²) < 4.78 is 4.88. The number of nitrogens with zero attached hydrogens (tertiary/aromatic N) is 1. The third-order valence-electron chi connectivity index (χ3n) is 2.46. The molecule has 0 saturated heterocycles. The maximum absolute atomic E-state index is 11.7. The number of rotatable bonds is 6. The molecule has 104 valence electrons. The van der Waals surface area contributed by atoms with Crippen molar-refractivity contribution < 1.29 is 19.8 Å². The fourth-order valence-corrected chi connectivity index (χ4v) is 1.45. The van der Waals surface area contributed by atoms with Crippen LogP contribution in [0.15, 0.2) is 23.4 Å². The summed E-state index contributed by atoms with van der Waals surface area (Å²) >= 11 is 0. The number of phenolic OH excluding ortho intramolecular Hbond substituents is 1. The molecule has 1 rings (SSSR count). The highest BCUT2D eigenvalue weighted by Gasteiger charge is 2.08. The summed E-state index contributed by atoms with van der Waals surface area (Å²) in [5, 5.41) is 23.4. The summed E-state index contributed by atoms with van der Waals surface area (Å²) in [7, 11) is 1.43. The fourth-order valence-electron chi connectivity index (χ4n) is 1.45. The van der Waals surface area contributed by atoms with E-state index in [-0.39, 0.29) is 17.5 Å². The second-order valence-electron chi connectivity index (χ2n) is 3.84. The topological polar surface area (TPSA) is 117 Å². The molecular weight excluding hydrogens is 250 g/mol. The molecule has 1 aromatic rings. The van der Waals surface area contributed by atoms with E-state index in [9.17, 15) is 9.90 Å². The lowest BCUT2D eigenvalue weighted by Crippen LogP contribution is -2.25. The van der Waals surface area contributed by atoms with E-state index in [1.54, 1.807) is 6.07 Å². The summed E-state index contributed by atoms with van der Waals surface area (Å²) in [6.45, 7) is 0.391. The average molecular weight is 267 g/mol. The van der Waals surface area contributed by atoms with Crippen LogP contribution in [0, 0.1) is 0 Å². The molecule has 0 radical (unpaired) electrons. The molecule has 0 aliphatic heterocycles. The van der Waals surface area contributed by atoms with Gasteiger partial charge in [0.2, 0.25) is 0 Å². The lowest BCUT2D eigenvalue weighted by molar-refractivity contribution is 0.0953. The van der Waals surface area contributed by atoms with Crippen LogP contribution >= 0.6 is 0 Å². The monoisotopic (exact) mass is 267 g/mol. The standard InChI is InChI=1S/C12H17N3O4/c1-19-10-5-4-8(7-9(10)16)12(17)14-6-2-3-11(13)15-18/h4-5,7,16,18H,2-3,6H2,1H3,(H2,13,15)(H,14,17). The van der Waals surface area contributed by atoms with E-state index in [0.29, 0.717) is 30.7 Å². The Balaban J connectivity index is 2.48. The number of benzene rings is 1. The van der Waals surface area contributed by atoms with Crippen molar-refractivity contribution in [3.63, 3.8) is 0 Å². The first kappa shape index (κ1) is 14.6. The zero-order valence-corrected chi connectivity index (χ0v) is 10.6. The van der Waals surface area contributed by atoms with E-state index < -0.39 is 0 Å². The number of amides is 1. The molecule has 0 heterocycles. The lowest BCUT2D eigenvalue weighted by Gasteiger charge is -2.07. The summed E-state index contributed by atoms with van der Waals surface area (Å²) in [5.74, 6) is 0.0316. The van der Waals surface area contributed by atoms with Crippen LogP contribution < -0.4 is 15.8 Å². The van der Waals surface area contributed by atoms with Crippen LogP contribution in [0.2, 0.25) is 0 Å². The van der Waals surface area contributed by atoms with Gasteiger partial charge in [0.25, 0.3) is 5.91 Å². The van der Waals surface area contributed by atoms with E-state index in [0.717, 1.165) is 0 Å². The number of amidine groups is 1. The maximum atomic E-state index is 11.7. The Bertz CT molecular complexity index is 474. The number of aromatic hydroxyl groups is 1. The summed E-state index contributed by atoms with van der Waals surface area (Å²) in [4.78, 5) is 11.7. The molecule has 0 atom stereocenters. The van der Waals surface area contributed by atoms with Crippen molar-refractivity contribution in [3.8, 4) is 11.5 Å². The minimum atomic E-state index is -0.308. The number of carbonyl (C=O) groups is 1. The molecule has 1 aromatic carbocycles. The Labute approximate surface area is 110 Å². The first-order valence-electron chi connectivity index (χ1n) is 5.70. The van der Waals surface area contributed by atoms with Gasteiger partial charge in [-0.25, -0.2) is 0 Å². The quantitative estimate of drug-likeness (QED) is 0.198. The number of oxime groups is 1. The number of nitrogens with one attached hydrogen (secondary N) is 1. The van der Waals surface area contributed by atoms with Gasteiger partial charge in [0.15, 0.2) is 11.5 Å². The Kier molecular flexibility index (Phi) is 5.46. The minimum absolute atomic E-state index is 0.0909. The van der Waals surface area contributed by atoms with Gasteiger partial charge < -0.3 is 26.1 Å². The highest BCUT2D eigenvalue weighted by molar-refractivity contribution is 5.94. The van der Waals surface area contributed by atoms with Crippen LogP contribution in [0.1, 0.15) is 23.2 Å². The van der Waals surface area contributed by atoms with Crippen molar-refractivity contribution in [2.24, 2.45) is 10.9 Å².